The maximum atomic E-state index is 12.1. The highest BCUT2D eigenvalue weighted by Crippen LogP contribution is 2.33. The zero-order valence-corrected chi connectivity index (χ0v) is 17.6. The molecule has 3 saturated heterocycles. The van der Waals surface area contributed by atoms with Crippen molar-refractivity contribution in [1.82, 2.24) is 15.1 Å². The van der Waals surface area contributed by atoms with Crippen LogP contribution in [0.3, 0.4) is 0 Å². The van der Waals surface area contributed by atoms with Crippen LogP contribution in [0.25, 0.3) is 0 Å². The number of carbonyl (C=O) groups excluding carboxylic acids is 1. The number of carbonyl (C=O) groups is 1. The molecule has 0 aromatic rings. The van der Waals surface area contributed by atoms with Crippen molar-refractivity contribution < 1.29 is 14.3 Å². The molecule has 3 aliphatic heterocycles. The van der Waals surface area contributed by atoms with Gasteiger partial charge >= 0.3 is 5.97 Å². The Hall–Kier alpha value is -0.990. The zero-order valence-electron chi connectivity index (χ0n) is 16.7. The second-order valence-electron chi connectivity index (χ2n) is 7.56. The van der Waals surface area contributed by atoms with E-state index in [4.69, 9.17) is 9.47 Å². The van der Waals surface area contributed by atoms with Gasteiger partial charge in [-0.2, -0.15) is 11.8 Å². The number of hydrogen-bond acceptors (Lipinski definition) is 6. The maximum absolute atomic E-state index is 12.1. The lowest BCUT2D eigenvalue weighted by atomic mass is 9.95. The quantitative estimate of drug-likeness (QED) is 0.422. The fourth-order valence-corrected chi connectivity index (χ4v) is 5.81. The Labute approximate surface area is 167 Å². The van der Waals surface area contributed by atoms with E-state index < -0.39 is 0 Å². The molecule has 0 radical (unpaired) electrons. The first-order valence-electron chi connectivity index (χ1n) is 10.2. The predicted molar refractivity (Wildman–Crippen MR) is 109 cm³/mol. The molecule has 0 aromatic heterocycles. The molecule has 2 unspecified atom stereocenters. The number of aliphatic imine (C=N–C) groups is 1. The third-order valence-electron chi connectivity index (χ3n) is 5.89. The van der Waals surface area contributed by atoms with E-state index in [9.17, 15) is 4.79 Å². The van der Waals surface area contributed by atoms with Gasteiger partial charge in [0.2, 0.25) is 0 Å². The molecule has 3 aliphatic rings. The topological polar surface area (TPSA) is 66.4 Å². The first-order valence-corrected chi connectivity index (χ1v) is 11.4. The molecule has 1 N–H and O–H groups in total. The van der Waals surface area contributed by atoms with Crippen LogP contribution in [0.5, 0.6) is 0 Å². The summed E-state index contributed by atoms with van der Waals surface area (Å²) in [4.78, 5) is 21.5. The number of ether oxygens (including phenoxy) is 2. The number of nitrogens with zero attached hydrogens (tertiary/aromatic N) is 3. The highest BCUT2D eigenvalue weighted by molar-refractivity contribution is 7.99. The van der Waals surface area contributed by atoms with Gasteiger partial charge in [0.15, 0.2) is 5.96 Å². The second kappa shape index (κ2) is 9.98. The monoisotopic (exact) mass is 398 g/mol. The summed E-state index contributed by atoms with van der Waals surface area (Å²) in [5.74, 6) is 3.16. The average molecular weight is 399 g/mol. The highest BCUT2D eigenvalue weighted by Gasteiger charge is 2.41. The first-order chi connectivity index (χ1) is 13.2. The predicted octanol–water partition coefficient (Wildman–Crippen LogP) is 1.04. The fourth-order valence-electron chi connectivity index (χ4n) is 4.33. The van der Waals surface area contributed by atoms with Crippen LogP contribution in [-0.4, -0.2) is 98.4 Å². The number of piperidine rings is 1. The van der Waals surface area contributed by atoms with E-state index in [1.54, 1.807) is 0 Å². The van der Waals surface area contributed by atoms with E-state index in [1.807, 2.05) is 25.7 Å². The van der Waals surface area contributed by atoms with Crippen LogP contribution in [0.15, 0.2) is 4.99 Å². The molecule has 0 amide bonds. The molecule has 0 aliphatic carbocycles. The number of likely N-dealkylation sites (tertiary alicyclic amines) is 1. The molecule has 27 heavy (non-hydrogen) atoms. The van der Waals surface area contributed by atoms with Gasteiger partial charge in [0, 0.05) is 51.1 Å². The standard InChI is InChI=1S/C19H34N4O3S/c1-3-26-17(24)16-5-4-7-22(13-16)18(20-2)21-14-19(6-12-27-15-19)23-8-10-25-11-9-23/h16H,3-15H2,1-2H3,(H,20,21). The number of morpholine rings is 1. The van der Waals surface area contributed by atoms with Gasteiger partial charge in [-0.25, -0.2) is 0 Å². The van der Waals surface area contributed by atoms with E-state index >= 15 is 0 Å². The number of esters is 1. The Morgan fingerprint density at radius 1 is 1.37 bits per heavy atom. The van der Waals surface area contributed by atoms with Gasteiger partial charge in [0.1, 0.15) is 0 Å². The highest BCUT2D eigenvalue weighted by atomic mass is 32.2. The third kappa shape index (κ3) is 5.09. The van der Waals surface area contributed by atoms with E-state index in [0.29, 0.717) is 13.2 Å². The van der Waals surface area contributed by atoms with Gasteiger partial charge in [0.05, 0.1) is 25.7 Å². The van der Waals surface area contributed by atoms with Crippen molar-refractivity contribution in [2.75, 3.05) is 71.1 Å². The lowest BCUT2D eigenvalue weighted by molar-refractivity contribution is -0.149. The third-order valence-corrected chi connectivity index (χ3v) is 7.13. The minimum absolute atomic E-state index is 0.0486. The van der Waals surface area contributed by atoms with E-state index in [0.717, 1.165) is 63.9 Å². The van der Waals surface area contributed by atoms with E-state index in [2.05, 4.69) is 20.1 Å². The van der Waals surface area contributed by atoms with Gasteiger partial charge < -0.3 is 19.7 Å². The van der Waals surface area contributed by atoms with E-state index in [-0.39, 0.29) is 17.4 Å². The Kier molecular flexibility index (Phi) is 7.66. The Morgan fingerprint density at radius 2 is 2.19 bits per heavy atom. The summed E-state index contributed by atoms with van der Waals surface area (Å²) in [6.45, 7) is 8.51. The fraction of sp³-hybridized carbons (Fsp3) is 0.895. The normalized spacial score (nSPS) is 30.4. The lowest BCUT2D eigenvalue weighted by Crippen LogP contribution is -2.60. The molecule has 154 valence electrons. The molecule has 0 aromatic carbocycles. The number of hydrogen-bond donors (Lipinski definition) is 1. The Balaban J connectivity index is 1.59. The molecular formula is C19H34N4O3S. The Morgan fingerprint density at radius 3 is 2.85 bits per heavy atom. The molecule has 7 nitrogen and oxygen atoms in total. The largest absolute Gasteiger partial charge is 0.466 e. The van der Waals surface area contributed by atoms with Crippen LogP contribution in [-0.2, 0) is 14.3 Å². The average Bonchev–Trinajstić information content (AvgIpc) is 3.20. The van der Waals surface area contributed by atoms with Crippen molar-refractivity contribution >= 4 is 23.7 Å². The summed E-state index contributed by atoms with van der Waals surface area (Å²) in [5.41, 5.74) is 0.181. The lowest BCUT2D eigenvalue weighted by Gasteiger charge is -2.44. The summed E-state index contributed by atoms with van der Waals surface area (Å²) < 4.78 is 10.8. The van der Waals surface area contributed by atoms with Crippen molar-refractivity contribution in [2.24, 2.45) is 10.9 Å². The van der Waals surface area contributed by atoms with Crippen molar-refractivity contribution in [3.63, 3.8) is 0 Å². The molecule has 3 rings (SSSR count). The first kappa shape index (κ1) is 20.7. The van der Waals surface area contributed by atoms with Gasteiger partial charge in [0.25, 0.3) is 0 Å². The van der Waals surface area contributed by atoms with Crippen LogP contribution in [0.4, 0.5) is 0 Å². The van der Waals surface area contributed by atoms with Crippen LogP contribution in [0.2, 0.25) is 0 Å². The van der Waals surface area contributed by atoms with Gasteiger partial charge in [-0.3, -0.25) is 14.7 Å². The summed E-state index contributed by atoms with van der Waals surface area (Å²) in [6.07, 6.45) is 3.10. The van der Waals surface area contributed by atoms with Crippen molar-refractivity contribution in [3.05, 3.63) is 0 Å². The smallest absolute Gasteiger partial charge is 0.310 e. The number of nitrogens with one attached hydrogen (secondary N) is 1. The van der Waals surface area contributed by atoms with Gasteiger partial charge in [-0.1, -0.05) is 0 Å². The van der Waals surface area contributed by atoms with E-state index in [1.165, 1.54) is 12.2 Å². The molecule has 0 saturated carbocycles. The molecule has 0 spiro atoms. The SMILES string of the molecule is CCOC(=O)C1CCCN(C(=NC)NCC2(N3CCOCC3)CCSC2)C1. The van der Waals surface area contributed by atoms with Crippen LogP contribution in [0.1, 0.15) is 26.2 Å². The molecule has 8 heteroatoms. The number of guanidine groups is 1. The van der Waals surface area contributed by atoms with Crippen LogP contribution >= 0.6 is 11.8 Å². The maximum Gasteiger partial charge on any atom is 0.310 e. The minimum atomic E-state index is -0.0744. The summed E-state index contributed by atoms with van der Waals surface area (Å²) in [7, 11) is 1.83. The van der Waals surface area contributed by atoms with Crippen molar-refractivity contribution in [2.45, 2.75) is 31.7 Å². The van der Waals surface area contributed by atoms with Crippen molar-refractivity contribution in [1.29, 1.82) is 0 Å². The number of thioether (sulfide) groups is 1. The summed E-state index contributed by atoms with van der Waals surface area (Å²) in [6, 6.07) is 0. The molecule has 2 atom stereocenters. The van der Waals surface area contributed by atoms with Gasteiger partial charge in [-0.15, -0.1) is 0 Å². The molecule has 0 bridgehead atoms. The molecule has 3 fully saturated rings. The summed E-state index contributed by atoms with van der Waals surface area (Å²) >= 11 is 2.04. The second-order valence-corrected chi connectivity index (χ2v) is 8.67. The molecular weight excluding hydrogens is 364 g/mol. The van der Waals surface area contributed by atoms with Gasteiger partial charge in [-0.05, 0) is 31.9 Å². The van der Waals surface area contributed by atoms with Crippen LogP contribution < -0.4 is 5.32 Å². The zero-order chi connectivity index (χ0) is 19.1. The minimum Gasteiger partial charge on any atom is -0.466 e. The van der Waals surface area contributed by atoms with Crippen LogP contribution in [0, 0.1) is 5.92 Å². The summed E-state index contributed by atoms with van der Waals surface area (Å²) in [5, 5.41) is 3.64. The number of rotatable bonds is 5. The van der Waals surface area contributed by atoms with Crippen molar-refractivity contribution in [3.8, 4) is 0 Å². The Bertz CT molecular complexity index is 519. The molecule has 3 heterocycles.